The first-order valence-corrected chi connectivity index (χ1v) is 7.36. The third kappa shape index (κ3) is 5.01. The molecule has 1 atom stereocenters. The Morgan fingerprint density at radius 1 is 1.12 bits per heavy atom. The van der Waals surface area contributed by atoms with Gasteiger partial charge in [-0.05, 0) is 37.1 Å². The summed E-state index contributed by atoms with van der Waals surface area (Å²) in [5.41, 5.74) is 6.55. The van der Waals surface area contributed by atoms with Crippen molar-refractivity contribution in [3.63, 3.8) is 0 Å². The van der Waals surface area contributed by atoms with Gasteiger partial charge in [-0.1, -0.05) is 36.4 Å². The van der Waals surface area contributed by atoms with Gasteiger partial charge in [0.2, 0.25) is 5.91 Å². The minimum absolute atomic E-state index is 0. The number of benzene rings is 2. The van der Waals surface area contributed by atoms with Crippen molar-refractivity contribution < 1.29 is 13.6 Å². The Hall–Kier alpha value is -1.98. The Bertz CT molecular complexity index is 693. The van der Waals surface area contributed by atoms with E-state index in [1.807, 2.05) is 30.3 Å². The van der Waals surface area contributed by atoms with Crippen molar-refractivity contribution in [2.24, 2.45) is 5.73 Å². The molecule has 0 aromatic heterocycles. The van der Waals surface area contributed by atoms with Crippen LogP contribution < -0.4 is 11.1 Å². The molecule has 0 saturated heterocycles. The van der Waals surface area contributed by atoms with Crippen molar-refractivity contribution in [1.82, 2.24) is 5.32 Å². The van der Waals surface area contributed by atoms with Gasteiger partial charge in [-0.3, -0.25) is 4.79 Å². The van der Waals surface area contributed by atoms with Crippen LogP contribution in [0.1, 0.15) is 37.4 Å². The normalized spacial score (nSPS) is 12.2. The van der Waals surface area contributed by atoms with Crippen LogP contribution in [0.25, 0.3) is 0 Å². The number of amides is 1. The van der Waals surface area contributed by atoms with Crippen LogP contribution in [0.15, 0.2) is 48.5 Å². The lowest BCUT2D eigenvalue weighted by Gasteiger charge is -2.27. The summed E-state index contributed by atoms with van der Waals surface area (Å²) in [7, 11) is 0. The van der Waals surface area contributed by atoms with Gasteiger partial charge in [-0.25, -0.2) is 8.78 Å². The van der Waals surface area contributed by atoms with E-state index in [1.54, 1.807) is 13.8 Å². The van der Waals surface area contributed by atoms with Crippen LogP contribution in [-0.2, 0) is 10.3 Å². The molecule has 2 rings (SSSR count). The number of carbonyl (C=O) groups is 1. The molecule has 0 fully saturated rings. The van der Waals surface area contributed by atoms with E-state index in [4.69, 9.17) is 5.73 Å². The smallest absolute Gasteiger partial charge is 0.222 e. The van der Waals surface area contributed by atoms with Crippen LogP contribution in [0.4, 0.5) is 8.78 Å². The minimum atomic E-state index is -0.939. The number of carbonyl (C=O) groups excluding carboxylic acids is 1. The molecule has 0 saturated carbocycles. The van der Waals surface area contributed by atoms with E-state index in [9.17, 15) is 13.6 Å². The Balaban J connectivity index is 0.00000288. The number of nitrogens with two attached hydrogens (primary N) is 1. The molecule has 0 radical (unpaired) electrons. The number of nitrogens with one attached hydrogen (secondary N) is 1. The zero-order chi connectivity index (χ0) is 17.0. The maximum Gasteiger partial charge on any atom is 0.222 e. The molecule has 1 unspecified atom stereocenters. The summed E-state index contributed by atoms with van der Waals surface area (Å²) in [6.45, 7) is 3.46. The highest BCUT2D eigenvalue weighted by Gasteiger charge is 2.25. The zero-order valence-electron chi connectivity index (χ0n) is 13.6. The number of hydrogen-bond acceptors (Lipinski definition) is 2. The van der Waals surface area contributed by atoms with Crippen molar-refractivity contribution >= 4 is 18.3 Å². The Labute approximate surface area is 146 Å². The van der Waals surface area contributed by atoms with Crippen LogP contribution >= 0.6 is 12.4 Å². The summed E-state index contributed by atoms with van der Waals surface area (Å²) in [5, 5.41) is 2.81. The van der Waals surface area contributed by atoms with Crippen LogP contribution in [0, 0.1) is 11.6 Å². The van der Waals surface area contributed by atoms with E-state index in [0.717, 1.165) is 17.7 Å². The van der Waals surface area contributed by atoms with Gasteiger partial charge >= 0.3 is 0 Å². The van der Waals surface area contributed by atoms with Gasteiger partial charge in [-0.2, -0.15) is 0 Å². The van der Waals surface area contributed by atoms with Crippen LogP contribution in [-0.4, -0.2) is 5.91 Å². The first-order chi connectivity index (χ1) is 10.8. The topological polar surface area (TPSA) is 55.1 Å². The summed E-state index contributed by atoms with van der Waals surface area (Å²) >= 11 is 0. The molecule has 3 N–H and O–H groups in total. The van der Waals surface area contributed by atoms with Crippen molar-refractivity contribution in [1.29, 1.82) is 0 Å². The lowest BCUT2D eigenvalue weighted by Crippen LogP contribution is -2.42. The molecule has 0 heterocycles. The van der Waals surface area contributed by atoms with Crippen LogP contribution in [0.3, 0.4) is 0 Å². The van der Waals surface area contributed by atoms with Crippen LogP contribution in [0.2, 0.25) is 0 Å². The van der Waals surface area contributed by atoms with E-state index in [2.05, 4.69) is 5.32 Å². The van der Waals surface area contributed by atoms with Crippen molar-refractivity contribution in [2.75, 3.05) is 0 Å². The monoisotopic (exact) mass is 354 g/mol. The summed E-state index contributed by atoms with van der Waals surface area (Å²) in [5.74, 6) is -2.11. The summed E-state index contributed by atoms with van der Waals surface area (Å²) < 4.78 is 26.4. The first-order valence-electron chi connectivity index (χ1n) is 7.36. The van der Waals surface area contributed by atoms with E-state index < -0.39 is 23.2 Å². The third-order valence-corrected chi connectivity index (χ3v) is 3.73. The van der Waals surface area contributed by atoms with E-state index >= 15 is 0 Å². The third-order valence-electron chi connectivity index (χ3n) is 3.73. The predicted octanol–water partition coefficient (Wildman–Crippen LogP) is 3.83. The molecular weight excluding hydrogens is 334 g/mol. The van der Waals surface area contributed by atoms with Gasteiger partial charge in [0.25, 0.3) is 0 Å². The maximum atomic E-state index is 13.4. The van der Waals surface area contributed by atoms with Crippen molar-refractivity contribution in [3.05, 3.63) is 71.3 Å². The quantitative estimate of drug-likeness (QED) is 0.857. The van der Waals surface area contributed by atoms with Gasteiger partial charge in [0.15, 0.2) is 11.6 Å². The molecule has 24 heavy (non-hydrogen) atoms. The SMILES string of the molecule is CC(C)(NC(=O)CC(N)c1ccccc1)c1ccc(F)c(F)c1.Cl. The lowest BCUT2D eigenvalue weighted by atomic mass is 9.93. The Morgan fingerprint density at radius 2 is 1.75 bits per heavy atom. The van der Waals surface area contributed by atoms with E-state index in [0.29, 0.717) is 5.56 Å². The zero-order valence-corrected chi connectivity index (χ0v) is 14.4. The van der Waals surface area contributed by atoms with Crippen molar-refractivity contribution in [3.8, 4) is 0 Å². The molecule has 2 aromatic rings. The molecular formula is C18H21ClF2N2O. The molecule has 1 amide bonds. The largest absolute Gasteiger partial charge is 0.347 e. The molecule has 130 valence electrons. The van der Waals surface area contributed by atoms with Gasteiger partial charge in [0, 0.05) is 12.5 Å². The van der Waals surface area contributed by atoms with Crippen LogP contribution in [0.5, 0.6) is 0 Å². The molecule has 6 heteroatoms. The fraction of sp³-hybridized carbons (Fsp3) is 0.278. The van der Waals surface area contributed by atoms with Gasteiger partial charge in [0.1, 0.15) is 0 Å². The predicted molar refractivity (Wildman–Crippen MR) is 92.8 cm³/mol. The van der Waals surface area contributed by atoms with E-state index in [1.165, 1.54) is 6.07 Å². The van der Waals surface area contributed by atoms with Gasteiger partial charge in [-0.15, -0.1) is 12.4 Å². The number of hydrogen-bond donors (Lipinski definition) is 2. The molecule has 0 aliphatic heterocycles. The molecule has 2 aromatic carbocycles. The summed E-state index contributed by atoms with van der Waals surface area (Å²) in [6.07, 6.45) is 0.108. The standard InChI is InChI=1S/C18H20F2N2O.ClH/c1-18(2,13-8-9-14(19)15(20)10-13)22-17(23)11-16(21)12-6-4-3-5-7-12;/h3-10,16H,11,21H2,1-2H3,(H,22,23);1H. The molecule has 0 aliphatic rings. The fourth-order valence-corrected chi connectivity index (χ4v) is 2.37. The molecule has 3 nitrogen and oxygen atoms in total. The van der Waals surface area contributed by atoms with Crippen molar-refractivity contribution in [2.45, 2.75) is 31.8 Å². The maximum absolute atomic E-state index is 13.4. The summed E-state index contributed by atoms with van der Waals surface area (Å²) in [6, 6.07) is 12.5. The number of halogens is 3. The molecule has 0 aliphatic carbocycles. The molecule has 0 spiro atoms. The van der Waals surface area contributed by atoms with Gasteiger partial charge in [0.05, 0.1) is 5.54 Å². The lowest BCUT2D eigenvalue weighted by molar-refractivity contribution is -0.123. The van der Waals surface area contributed by atoms with Gasteiger partial charge < -0.3 is 11.1 Å². The minimum Gasteiger partial charge on any atom is -0.347 e. The second-order valence-electron chi connectivity index (χ2n) is 6.02. The summed E-state index contributed by atoms with van der Waals surface area (Å²) in [4.78, 5) is 12.2. The molecule has 0 bridgehead atoms. The highest BCUT2D eigenvalue weighted by molar-refractivity contribution is 5.85. The Kier molecular flexibility index (Phi) is 6.87. The highest BCUT2D eigenvalue weighted by Crippen LogP contribution is 2.23. The highest BCUT2D eigenvalue weighted by atomic mass is 35.5. The second-order valence-corrected chi connectivity index (χ2v) is 6.02. The van der Waals surface area contributed by atoms with E-state index in [-0.39, 0.29) is 24.7 Å². The second kappa shape index (κ2) is 8.22. The Morgan fingerprint density at radius 3 is 2.33 bits per heavy atom. The average Bonchev–Trinajstić information content (AvgIpc) is 2.50. The average molecular weight is 355 g/mol. The fourth-order valence-electron chi connectivity index (χ4n) is 2.37. The first kappa shape index (κ1) is 20.1. The number of rotatable bonds is 5.